The Bertz CT molecular complexity index is 2570. The van der Waals surface area contributed by atoms with Gasteiger partial charge in [0.1, 0.15) is 11.5 Å². The molecule has 2 saturated heterocycles. The van der Waals surface area contributed by atoms with Crippen LogP contribution in [-0.4, -0.2) is 70.2 Å². The number of aromatic nitrogens is 2. The second-order valence-corrected chi connectivity index (χ2v) is 14.5. The Kier molecular flexibility index (Phi) is 15.3. The van der Waals surface area contributed by atoms with Crippen molar-refractivity contribution in [3.05, 3.63) is 156 Å². The molecule has 2 fully saturated rings. The van der Waals surface area contributed by atoms with Crippen LogP contribution in [0.4, 0.5) is 0 Å². The maximum atomic E-state index is 13.0. The predicted molar refractivity (Wildman–Crippen MR) is 237 cm³/mol. The number of nitrogens with one attached hydrogen (secondary N) is 1. The highest BCUT2D eigenvalue weighted by Crippen LogP contribution is 2.29. The molecular formula is C50H48N6O5. The van der Waals surface area contributed by atoms with Gasteiger partial charge >= 0.3 is 5.97 Å². The van der Waals surface area contributed by atoms with Gasteiger partial charge in [-0.1, -0.05) is 72.8 Å². The van der Waals surface area contributed by atoms with Crippen LogP contribution < -0.4 is 14.8 Å². The molecule has 8 rings (SSSR count). The number of likely N-dealkylation sites (tertiary alicyclic amines) is 1. The summed E-state index contributed by atoms with van der Waals surface area (Å²) in [6.45, 7) is 6.46. The number of hydrogen-bond acceptors (Lipinski definition) is 9. The molecule has 308 valence electrons. The Labute approximate surface area is 356 Å². The number of allylic oxidation sites excluding steroid dienone is 2. The van der Waals surface area contributed by atoms with Crippen LogP contribution in [0.1, 0.15) is 50.7 Å². The molecule has 2 aromatic heterocycles. The Morgan fingerprint density at radius 3 is 1.54 bits per heavy atom. The lowest BCUT2D eigenvalue weighted by molar-refractivity contribution is -0.144. The van der Waals surface area contributed by atoms with Crippen LogP contribution >= 0.6 is 0 Å². The summed E-state index contributed by atoms with van der Waals surface area (Å²) in [7, 11) is 0. The summed E-state index contributed by atoms with van der Waals surface area (Å²) < 4.78 is 11.4. The first kappa shape index (κ1) is 43.2. The normalized spacial score (nSPS) is 14.4. The minimum atomic E-state index is -0.985. The van der Waals surface area contributed by atoms with E-state index in [4.69, 9.17) is 14.6 Å². The zero-order chi connectivity index (χ0) is 43.0. The van der Waals surface area contributed by atoms with E-state index in [1.165, 1.54) is 12.5 Å². The average Bonchev–Trinajstić information content (AvgIpc) is 3.31. The maximum absolute atomic E-state index is 13.0. The molecule has 2 unspecified atom stereocenters. The number of aliphatic carboxylic acids is 1. The largest absolute Gasteiger partial charge is 0.480 e. The van der Waals surface area contributed by atoms with E-state index in [1.54, 1.807) is 37.5 Å². The lowest BCUT2D eigenvalue weighted by atomic mass is 9.94. The minimum Gasteiger partial charge on any atom is -0.480 e. The van der Waals surface area contributed by atoms with E-state index in [0.29, 0.717) is 37.4 Å². The maximum Gasteiger partial charge on any atom is 0.344 e. The third kappa shape index (κ3) is 11.4. The van der Waals surface area contributed by atoms with E-state index >= 15 is 0 Å². The summed E-state index contributed by atoms with van der Waals surface area (Å²) in [6, 6.07) is 42.9. The van der Waals surface area contributed by atoms with Gasteiger partial charge in [-0.2, -0.15) is 10.5 Å². The van der Waals surface area contributed by atoms with Crippen molar-refractivity contribution in [1.82, 2.24) is 20.2 Å². The average molecular weight is 813 g/mol. The number of carbonyl (C=O) groups is 2. The minimum absolute atomic E-state index is 0.0341. The fourth-order valence-corrected chi connectivity index (χ4v) is 7.23. The van der Waals surface area contributed by atoms with Crippen molar-refractivity contribution < 1.29 is 24.2 Å². The molecule has 0 spiro atoms. The quantitative estimate of drug-likeness (QED) is 0.142. The molecule has 4 heterocycles. The number of hydrogen-bond donors (Lipinski definition) is 2. The number of fused-ring (bicyclic) bond motifs is 2. The summed E-state index contributed by atoms with van der Waals surface area (Å²) in [6.07, 6.45) is 5.37. The standard InChI is InChI=1S/C25H23N3O2.C13H14N2.C12H11NO3/c1-18(30-24-11-5-10-23-21(24)9-6-14-27-23)25(29)28-15-12-20(13-16-28)22(17-26)19-7-3-2-4-8-19;14-10-13(11-4-2-1-3-5-11)12-6-8-15-9-7-12;1-8(12(14)15)16-11-6-2-5-10-9(11)4-3-7-13-10/h2-11,14,18H,12-13,15-16H2,1H3;1-5,15H,6-9H2;2-8H,1H3,(H,14,15). The van der Waals surface area contributed by atoms with E-state index in [-0.39, 0.29) is 5.91 Å². The van der Waals surface area contributed by atoms with E-state index in [9.17, 15) is 20.1 Å². The second kappa shape index (κ2) is 21.6. The summed E-state index contributed by atoms with van der Waals surface area (Å²) in [4.78, 5) is 34.0. The van der Waals surface area contributed by atoms with Crippen LogP contribution in [0.3, 0.4) is 0 Å². The molecule has 0 radical (unpaired) electrons. The molecule has 2 aliphatic rings. The van der Waals surface area contributed by atoms with Gasteiger partial charge in [-0.25, -0.2) is 4.79 Å². The summed E-state index contributed by atoms with van der Waals surface area (Å²) in [5.74, 6) is 0.185. The molecule has 2 atom stereocenters. The van der Waals surface area contributed by atoms with Gasteiger partial charge in [0, 0.05) is 36.3 Å². The molecule has 1 amide bonds. The number of amides is 1. The molecular weight excluding hydrogens is 765 g/mol. The molecule has 61 heavy (non-hydrogen) atoms. The number of benzene rings is 4. The molecule has 11 nitrogen and oxygen atoms in total. The molecule has 6 aromatic rings. The van der Waals surface area contributed by atoms with Crippen LogP contribution in [0, 0.1) is 22.7 Å². The first-order valence-corrected chi connectivity index (χ1v) is 20.4. The second-order valence-electron chi connectivity index (χ2n) is 14.5. The van der Waals surface area contributed by atoms with Crippen LogP contribution in [0.2, 0.25) is 0 Å². The van der Waals surface area contributed by atoms with E-state index in [0.717, 1.165) is 75.6 Å². The van der Waals surface area contributed by atoms with Crippen molar-refractivity contribution in [2.45, 2.75) is 51.7 Å². The van der Waals surface area contributed by atoms with Crippen LogP contribution in [0.15, 0.2) is 145 Å². The molecule has 0 saturated carbocycles. The summed E-state index contributed by atoms with van der Waals surface area (Å²) >= 11 is 0. The number of piperidine rings is 2. The van der Waals surface area contributed by atoms with Gasteiger partial charge in [0.15, 0.2) is 12.2 Å². The fraction of sp³-hybridized carbons (Fsp3) is 0.240. The first-order valence-electron chi connectivity index (χ1n) is 20.4. The van der Waals surface area contributed by atoms with Gasteiger partial charge < -0.3 is 24.8 Å². The van der Waals surface area contributed by atoms with E-state index in [1.807, 2.05) is 108 Å². The van der Waals surface area contributed by atoms with Gasteiger partial charge in [0.25, 0.3) is 5.91 Å². The van der Waals surface area contributed by atoms with Gasteiger partial charge in [-0.3, -0.25) is 14.8 Å². The highest BCUT2D eigenvalue weighted by atomic mass is 16.5. The van der Waals surface area contributed by atoms with Crippen molar-refractivity contribution in [3.8, 4) is 23.6 Å². The summed E-state index contributed by atoms with van der Waals surface area (Å²) in [5.41, 5.74) is 7.63. The SMILES string of the molecule is CC(Oc1cccc2ncccc12)C(=O)N1CCC(=C(C#N)c2ccccc2)CC1.CC(Oc1cccc2ncccc12)C(=O)O.N#CC(=C1CCNCC1)c1ccccc1. The topological polar surface area (TPSA) is 161 Å². The molecule has 4 aromatic carbocycles. The fourth-order valence-electron chi connectivity index (χ4n) is 7.23. The Morgan fingerprint density at radius 2 is 1.08 bits per heavy atom. The third-order valence-electron chi connectivity index (χ3n) is 10.5. The van der Waals surface area contributed by atoms with Gasteiger partial charge in [-0.05, 0) is 123 Å². The number of carbonyl (C=O) groups excluding carboxylic acids is 1. The molecule has 2 N–H and O–H groups in total. The van der Waals surface area contributed by atoms with Gasteiger partial charge in [0.05, 0.1) is 34.3 Å². The molecule has 11 heteroatoms. The van der Waals surface area contributed by atoms with Crippen LogP contribution in [0.25, 0.3) is 33.0 Å². The summed E-state index contributed by atoms with van der Waals surface area (Å²) in [5, 5.41) is 32.6. The molecule has 0 aliphatic carbocycles. The molecule has 2 aliphatic heterocycles. The van der Waals surface area contributed by atoms with Gasteiger partial charge in [0.2, 0.25) is 0 Å². The number of ether oxygens (including phenoxy) is 2. The zero-order valence-corrected chi connectivity index (χ0v) is 34.3. The number of rotatable bonds is 8. The lowest BCUT2D eigenvalue weighted by Crippen LogP contribution is -2.43. The Morgan fingerprint density at radius 1 is 0.623 bits per heavy atom. The smallest absolute Gasteiger partial charge is 0.344 e. The highest BCUT2D eigenvalue weighted by molar-refractivity contribution is 5.87. The van der Waals surface area contributed by atoms with Crippen LogP contribution in [-0.2, 0) is 9.59 Å². The van der Waals surface area contributed by atoms with E-state index < -0.39 is 18.2 Å². The predicted octanol–water partition coefficient (Wildman–Crippen LogP) is 9.04. The number of pyridine rings is 2. The number of nitrogens with zero attached hydrogens (tertiary/aromatic N) is 5. The van der Waals surface area contributed by atoms with Crippen LogP contribution in [0.5, 0.6) is 11.5 Å². The van der Waals surface area contributed by atoms with Crippen molar-refractivity contribution >= 4 is 44.8 Å². The zero-order valence-electron chi connectivity index (χ0n) is 34.3. The van der Waals surface area contributed by atoms with Crippen molar-refractivity contribution in [1.29, 1.82) is 10.5 Å². The third-order valence-corrected chi connectivity index (χ3v) is 10.5. The number of nitriles is 2. The van der Waals surface area contributed by atoms with Crippen molar-refractivity contribution in [2.24, 2.45) is 0 Å². The number of carboxylic acid groups (broad SMARTS) is 1. The van der Waals surface area contributed by atoms with Crippen molar-refractivity contribution in [2.75, 3.05) is 26.2 Å². The number of carboxylic acids is 1. The monoisotopic (exact) mass is 812 g/mol. The van der Waals surface area contributed by atoms with E-state index in [2.05, 4.69) is 27.4 Å². The van der Waals surface area contributed by atoms with Gasteiger partial charge in [-0.15, -0.1) is 0 Å². The Hall–Kier alpha value is -7.34. The first-order chi connectivity index (χ1) is 29.8. The highest BCUT2D eigenvalue weighted by Gasteiger charge is 2.27. The molecule has 0 bridgehead atoms. The van der Waals surface area contributed by atoms with Crippen molar-refractivity contribution in [3.63, 3.8) is 0 Å². The lowest BCUT2D eigenvalue weighted by Gasteiger charge is -2.31. The Balaban J connectivity index is 0.000000169.